The fourth-order valence-electron chi connectivity index (χ4n) is 6.22. The molecule has 2 atom stereocenters. The molecule has 0 unspecified atom stereocenters. The van der Waals surface area contributed by atoms with Gasteiger partial charge in [-0.1, -0.05) is 60.7 Å². The van der Waals surface area contributed by atoms with Gasteiger partial charge in [0.15, 0.2) is 0 Å². The normalized spacial score (nSPS) is 19.0. The summed E-state index contributed by atoms with van der Waals surface area (Å²) in [5.74, 6) is -0.384. The Morgan fingerprint density at radius 2 is 1.82 bits per heavy atom. The van der Waals surface area contributed by atoms with E-state index in [0.29, 0.717) is 19.5 Å². The number of benzene rings is 3. The molecule has 226 valence electrons. The van der Waals surface area contributed by atoms with Crippen molar-refractivity contribution in [3.63, 3.8) is 0 Å². The number of carbonyl (C=O) groups excluding carboxylic acids is 3. The van der Waals surface area contributed by atoms with Gasteiger partial charge >= 0.3 is 0 Å². The maximum absolute atomic E-state index is 14.3. The Morgan fingerprint density at radius 1 is 1.05 bits per heavy atom. The van der Waals surface area contributed by atoms with Crippen molar-refractivity contribution in [1.29, 1.82) is 0 Å². The second-order valence-electron chi connectivity index (χ2n) is 11.2. The minimum atomic E-state index is -0.822. The number of fused-ring (bicyclic) bond motifs is 2. The molecule has 0 spiro atoms. The smallest absolute Gasteiger partial charge is 0.246 e. The van der Waals surface area contributed by atoms with Crippen molar-refractivity contribution in [3.05, 3.63) is 107 Å². The maximum atomic E-state index is 14.3. The lowest BCUT2D eigenvalue weighted by Crippen LogP contribution is -2.75. The van der Waals surface area contributed by atoms with Crippen LogP contribution in [0.3, 0.4) is 0 Å². The van der Waals surface area contributed by atoms with Crippen molar-refractivity contribution in [2.45, 2.75) is 44.9 Å². The Kier molecular flexibility index (Phi) is 8.45. The third-order valence-corrected chi connectivity index (χ3v) is 9.17. The Morgan fingerprint density at radius 3 is 2.57 bits per heavy atom. The molecule has 3 heterocycles. The Balaban J connectivity index is 1.37. The largest absolute Gasteiger partial charge is 0.508 e. The van der Waals surface area contributed by atoms with E-state index in [4.69, 9.17) is 4.98 Å². The van der Waals surface area contributed by atoms with Gasteiger partial charge in [-0.2, -0.15) is 0 Å². The highest BCUT2D eigenvalue weighted by Gasteiger charge is 2.51. The number of aromatic nitrogens is 1. The molecule has 10 heteroatoms. The number of piperazine rings is 1. The fraction of sp³-hybridized carbons (Fsp3) is 0.294. The van der Waals surface area contributed by atoms with Gasteiger partial charge in [0.25, 0.3) is 0 Å². The third-order valence-electron chi connectivity index (χ3n) is 8.23. The second-order valence-corrected chi connectivity index (χ2v) is 12.5. The molecule has 1 aromatic heterocycles. The molecular weight excluding hydrogens is 574 g/mol. The van der Waals surface area contributed by atoms with Gasteiger partial charge in [-0.15, -0.1) is 17.9 Å². The average molecular weight is 610 g/mol. The summed E-state index contributed by atoms with van der Waals surface area (Å²) in [5.41, 5.74) is 3.65. The van der Waals surface area contributed by atoms with Crippen LogP contribution in [0.1, 0.15) is 28.1 Å². The van der Waals surface area contributed by atoms with Crippen molar-refractivity contribution in [3.8, 4) is 5.75 Å². The van der Waals surface area contributed by atoms with Gasteiger partial charge in [-0.05, 0) is 48.2 Å². The van der Waals surface area contributed by atoms with Crippen LogP contribution in [0.15, 0.2) is 85.5 Å². The second kappa shape index (κ2) is 12.6. The van der Waals surface area contributed by atoms with E-state index in [0.717, 1.165) is 31.9 Å². The molecule has 1 N–H and O–H groups in total. The highest BCUT2D eigenvalue weighted by molar-refractivity contribution is 7.18. The minimum Gasteiger partial charge on any atom is -0.508 e. The number of aromatic hydroxyl groups is 1. The van der Waals surface area contributed by atoms with Crippen molar-refractivity contribution < 1.29 is 19.5 Å². The number of thiazole rings is 1. The molecule has 4 aromatic rings. The number of phenols is 1. The number of carbonyl (C=O) groups is 3. The standard InChI is InChI=1S/C34H35N5O4S/c1-3-18-37-22-32(42)38-28(19-25-12-15-27(40)16-13-25)34(43)36(20-26-10-7-11-29-33(26)35-23(2)44-29)21-30(38)39(37)31(41)17-14-24-8-5-4-6-9-24/h3-13,15-16,28,30,40H,1,14,17-22H2,2H3/t28-,30-/m0/s1. The van der Waals surface area contributed by atoms with E-state index >= 15 is 0 Å². The molecule has 6 rings (SSSR count). The lowest BCUT2D eigenvalue weighted by atomic mass is 9.98. The number of nitrogens with zero attached hydrogens (tertiary/aromatic N) is 5. The number of phenolic OH excluding ortho intramolecular Hbond substituents is 1. The first-order valence-electron chi connectivity index (χ1n) is 14.8. The molecule has 0 bridgehead atoms. The molecule has 0 saturated carbocycles. The summed E-state index contributed by atoms with van der Waals surface area (Å²) in [4.78, 5) is 50.2. The van der Waals surface area contributed by atoms with E-state index in [2.05, 4.69) is 6.58 Å². The van der Waals surface area contributed by atoms with E-state index in [1.165, 1.54) is 0 Å². The van der Waals surface area contributed by atoms with Crippen molar-refractivity contribution in [1.82, 2.24) is 24.8 Å². The van der Waals surface area contributed by atoms with Gasteiger partial charge in [-0.3, -0.25) is 14.4 Å². The highest BCUT2D eigenvalue weighted by atomic mass is 32.1. The molecule has 2 saturated heterocycles. The van der Waals surface area contributed by atoms with Crippen LogP contribution in [0.2, 0.25) is 0 Å². The topological polar surface area (TPSA) is 97.3 Å². The summed E-state index contributed by atoms with van der Waals surface area (Å²) in [7, 11) is 0. The maximum Gasteiger partial charge on any atom is 0.246 e. The number of hydrogen-bond donors (Lipinski definition) is 1. The zero-order valence-corrected chi connectivity index (χ0v) is 25.4. The number of amides is 3. The van der Waals surface area contributed by atoms with Crippen LogP contribution in [0.5, 0.6) is 5.75 Å². The lowest BCUT2D eigenvalue weighted by Gasteiger charge is -2.55. The highest BCUT2D eigenvalue weighted by Crippen LogP contribution is 2.32. The molecule has 44 heavy (non-hydrogen) atoms. The van der Waals surface area contributed by atoms with E-state index < -0.39 is 12.2 Å². The number of rotatable bonds is 9. The number of aryl methyl sites for hydroxylation is 2. The minimum absolute atomic E-state index is 0.0314. The van der Waals surface area contributed by atoms with Crippen LogP contribution >= 0.6 is 11.3 Å². The molecule has 0 radical (unpaired) electrons. The Labute approximate surface area is 260 Å². The molecular formula is C34H35N5O4S. The first-order valence-corrected chi connectivity index (χ1v) is 15.6. The Bertz CT molecular complexity index is 1690. The van der Waals surface area contributed by atoms with Gasteiger partial charge < -0.3 is 14.9 Å². The SMILES string of the molecule is C=CCN1CC(=O)N2[C@@H](Cc3ccc(O)cc3)C(=O)N(Cc3cccc4sc(C)nc34)C[C@@H]2N1C(=O)CCc1ccccc1. The summed E-state index contributed by atoms with van der Waals surface area (Å²) in [6.45, 7) is 6.59. The predicted octanol–water partition coefficient (Wildman–Crippen LogP) is 4.30. The van der Waals surface area contributed by atoms with Crippen LogP contribution in [0.25, 0.3) is 10.2 Å². The van der Waals surface area contributed by atoms with Gasteiger partial charge in [0.05, 0.1) is 28.3 Å². The summed E-state index contributed by atoms with van der Waals surface area (Å²) < 4.78 is 1.05. The zero-order chi connectivity index (χ0) is 30.8. The van der Waals surface area contributed by atoms with E-state index in [9.17, 15) is 19.5 Å². The molecule has 3 amide bonds. The van der Waals surface area contributed by atoms with Crippen molar-refractivity contribution in [2.75, 3.05) is 19.6 Å². The van der Waals surface area contributed by atoms with Gasteiger partial charge in [0.1, 0.15) is 18.0 Å². The molecule has 2 fully saturated rings. The fourth-order valence-corrected chi connectivity index (χ4v) is 7.09. The van der Waals surface area contributed by atoms with Crippen molar-refractivity contribution >= 4 is 39.3 Å². The summed E-state index contributed by atoms with van der Waals surface area (Å²) in [5, 5.41) is 14.2. The molecule has 2 aliphatic heterocycles. The quantitative estimate of drug-likeness (QED) is 0.285. The molecule has 2 aliphatic rings. The molecule has 9 nitrogen and oxygen atoms in total. The first kappa shape index (κ1) is 29.5. The monoisotopic (exact) mass is 609 g/mol. The molecule has 0 aliphatic carbocycles. The average Bonchev–Trinajstić information content (AvgIpc) is 3.41. The summed E-state index contributed by atoms with van der Waals surface area (Å²) >= 11 is 1.61. The van der Waals surface area contributed by atoms with Crippen molar-refractivity contribution in [2.24, 2.45) is 0 Å². The Hall–Kier alpha value is -4.54. The number of hydrogen-bond acceptors (Lipinski definition) is 7. The summed E-state index contributed by atoms with van der Waals surface area (Å²) in [6.07, 6.45) is 2.07. The van der Waals surface area contributed by atoms with Gasteiger partial charge in [0, 0.05) is 25.9 Å². The molecule has 3 aromatic carbocycles. The third kappa shape index (κ3) is 5.95. The number of hydrazine groups is 1. The zero-order valence-electron chi connectivity index (χ0n) is 24.6. The van der Waals surface area contributed by atoms with Crippen LogP contribution < -0.4 is 0 Å². The lowest BCUT2D eigenvalue weighted by molar-refractivity contribution is -0.205. The predicted molar refractivity (Wildman–Crippen MR) is 169 cm³/mol. The number of para-hydroxylation sites is 1. The first-order chi connectivity index (χ1) is 21.3. The van der Waals surface area contributed by atoms with Crippen LogP contribution in [-0.4, -0.2) is 79.5 Å². The van der Waals surface area contributed by atoms with Gasteiger partial charge in [0.2, 0.25) is 17.7 Å². The summed E-state index contributed by atoms with van der Waals surface area (Å²) in [6, 6.07) is 21.7. The van der Waals surface area contributed by atoms with E-state index in [1.54, 1.807) is 61.5 Å². The van der Waals surface area contributed by atoms with E-state index in [1.807, 2.05) is 55.5 Å². The van der Waals surface area contributed by atoms with E-state index in [-0.39, 0.29) is 49.4 Å². The van der Waals surface area contributed by atoms with Crippen LogP contribution in [0, 0.1) is 6.92 Å². The van der Waals surface area contributed by atoms with Crippen LogP contribution in [-0.2, 0) is 33.8 Å². The van der Waals surface area contributed by atoms with Gasteiger partial charge in [-0.25, -0.2) is 15.0 Å². The van der Waals surface area contributed by atoms with Crippen LogP contribution in [0.4, 0.5) is 0 Å².